The van der Waals surface area contributed by atoms with Crippen LogP contribution in [0.5, 0.6) is 0 Å². The van der Waals surface area contributed by atoms with E-state index in [-0.39, 0.29) is 18.9 Å². The lowest BCUT2D eigenvalue weighted by atomic mass is 10.2. The Morgan fingerprint density at radius 2 is 2.25 bits per heavy atom. The van der Waals surface area contributed by atoms with E-state index in [1.165, 1.54) is 0 Å². The normalized spacial score (nSPS) is 19.1. The molecule has 0 saturated carbocycles. The summed E-state index contributed by atoms with van der Waals surface area (Å²) >= 11 is 0. The van der Waals surface area contributed by atoms with E-state index in [2.05, 4.69) is 14.8 Å². The fraction of sp³-hybridized carbons (Fsp3) is 0.700. The Labute approximate surface area is 93.3 Å². The summed E-state index contributed by atoms with van der Waals surface area (Å²) in [6, 6.07) is -0.716. The number of hydrogen-bond donors (Lipinski definition) is 1. The van der Waals surface area contributed by atoms with Crippen molar-refractivity contribution >= 4 is 18.0 Å². The molecule has 1 fully saturated rings. The average Bonchev–Trinajstić information content (AvgIpc) is 2.65. The summed E-state index contributed by atoms with van der Waals surface area (Å²) < 4.78 is 9.06. The minimum atomic E-state index is -1.00. The van der Waals surface area contributed by atoms with Crippen molar-refractivity contribution in [1.29, 1.82) is 0 Å². The molecule has 0 aromatic carbocycles. The van der Waals surface area contributed by atoms with E-state index in [0.717, 1.165) is 12.8 Å². The number of ether oxygens (including phenoxy) is 2. The Morgan fingerprint density at radius 1 is 1.50 bits per heavy atom. The Balaban J connectivity index is 2.23. The minimum absolute atomic E-state index is 0.207. The Bertz CT molecular complexity index is 289. The molecule has 0 unspecified atom stereocenters. The number of rotatable bonds is 4. The van der Waals surface area contributed by atoms with E-state index in [1.54, 1.807) is 0 Å². The summed E-state index contributed by atoms with van der Waals surface area (Å²) in [5.74, 6) is -0.964. The molecule has 0 aromatic heterocycles. The lowest BCUT2D eigenvalue weighted by Gasteiger charge is -2.08. The lowest BCUT2D eigenvalue weighted by molar-refractivity contribution is -0.142. The van der Waals surface area contributed by atoms with Crippen molar-refractivity contribution in [2.45, 2.75) is 38.6 Å². The molecule has 16 heavy (non-hydrogen) atoms. The van der Waals surface area contributed by atoms with E-state index in [1.807, 2.05) is 6.92 Å². The van der Waals surface area contributed by atoms with Crippen molar-refractivity contribution < 1.29 is 23.9 Å². The van der Waals surface area contributed by atoms with Gasteiger partial charge >= 0.3 is 12.1 Å². The van der Waals surface area contributed by atoms with Gasteiger partial charge in [0.1, 0.15) is 6.04 Å². The number of amides is 1. The molecule has 1 aliphatic heterocycles. The van der Waals surface area contributed by atoms with Crippen molar-refractivity contribution in [2.24, 2.45) is 0 Å². The van der Waals surface area contributed by atoms with Crippen LogP contribution in [0.2, 0.25) is 0 Å². The third-order valence-corrected chi connectivity index (χ3v) is 2.18. The summed E-state index contributed by atoms with van der Waals surface area (Å²) in [6.07, 6.45) is 1.26. The Kier molecular flexibility index (Phi) is 4.75. The van der Waals surface area contributed by atoms with Crippen LogP contribution in [0, 0.1) is 0 Å². The fourth-order valence-corrected chi connectivity index (χ4v) is 1.27. The van der Waals surface area contributed by atoms with Gasteiger partial charge in [-0.25, -0.2) is 9.59 Å². The molecule has 0 bridgehead atoms. The van der Waals surface area contributed by atoms with Gasteiger partial charge in [-0.1, -0.05) is 13.3 Å². The summed E-state index contributed by atoms with van der Waals surface area (Å²) in [7, 11) is 0. The summed E-state index contributed by atoms with van der Waals surface area (Å²) in [4.78, 5) is 33.1. The first kappa shape index (κ1) is 12.5. The number of unbranched alkanes of at least 4 members (excludes halogenated alkanes) is 1. The van der Waals surface area contributed by atoms with Gasteiger partial charge in [-0.05, 0) is 12.8 Å². The molecule has 1 rings (SSSR count). The molecule has 6 nitrogen and oxygen atoms in total. The van der Waals surface area contributed by atoms with Crippen LogP contribution in [0.1, 0.15) is 32.6 Å². The summed E-state index contributed by atoms with van der Waals surface area (Å²) in [5, 5.41) is 2.40. The smallest absolute Gasteiger partial charge is 0.434 e. The summed E-state index contributed by atoms with van der Waals surface area (Å²) in [5.41, 5.74) is 0. The first-order chi connectivity index (χ1) is 7.63. The molecular formula is C10H15NO5. The molecule has 1 heterocycles. The highest BCUT2D eigenvalue weighted by molar-refractivity contribution is 5.91. The van der Waals surface area contributed by atoms with Crippen molar-refractivity contribution in [3.05, 3.63) is 0 Å². The quantitative estimate of drug-likeness (QED) is 0.437. The highest BCUT2D eigenvalue weighted by Gasteiger charge is 2.30. The minimum Gasteiger partial charge on any atom is -0.434 e. The predicted octanol–water partition coefficient (Wildman–Crippen LogP) is 0.745. The third-order valence-electron chi connectivity index (χ3n) is 2.18. The predicted molar refractivity (Wildman–Crippen MR) is 53.5 cm³/mol. The Hall–Kier alpha value is -1.59. The first-order valence-electron chi connectivity index (χ1n) is 5.31. The maximum absolute atomic E-state index is 11.3. The molecule has 1 amide bonds. The summed E-state index contributed by atoms with van der Waals surface area (Å²) in [6.45, 7) is 2.19. The second-order valence-electron chi connectivity index (χ2n) is 3.53. The van der Waals surface area contributed by atoms with Gasteiger partial charge in [0.2, 0.25) is 5.91 Å². The third kappa shape index (κ3) is 3.88. The van der Waals surface area contributed by atoms with Gasteiger partial charge in [0.25, 0.3) is 0 Å². The maximum Gasteiger partial charge on any atom is 0.516 e. The number of nitrogens with one attached hydrogen (secondary N) is 1. The zero-order valence-electron chi connectivity index (χ0n) is 9.15. The molecule has 90 valence electrons. The van der Waals surface area contributed by atoms with Crippen LogP contribution >= 0.6 is 0 Å². The number of hydrogen-bond acceptors (Lipinski definition) is 5. The second kappa shape index (κ2) is 6.09. The van der Waals surface area contributed by atoms with E-state index in [9.17, 15) is 14.4 Å². The Morgan fingerprint density at radius 3 is 2.81 bits per heavy atom. The maximum atomic E-state index is 11.3. The van der Waals surface area contributed by atoms with Crippen LogP contribution in [0.25, 0.3) is 0 Å². The van der Waals surface area contributed by atoms with Crippen molar-refractivity contribution in [2.75, 3.05) is 6.61 Å². The van der Waals surface area contributed by atoms with Gasteiger partial charge in [0, 0.05) is 6.42 Å². The van der Waals surface area contributed by atoms with Crippen LogP contribution in [-0.4, -0.2) is 30.7 Å². The molecule has 0 aliphatic carbocycles. The van der Waals surface area contributed by atoms with Crippen molar-refractivity contribution in [3.63, 3.8) is 0 Å². The highest BCUT2D eigenvalue weighted by atomic mass is 16.7. The molecule has 6 heteroatoms. The topological polar surface area (TPSA) is 81.7 Å². The molecule has 1 N–H and O–H groups in total. The van der Waals surface area contributed by atoms with Crippen molar-refractivity contribution in [3.8, 4) is 0 Å². The van der Waals surface area contributed by atoms with Crippen LogP contribution in [0.3, 0.4) is 0 Å². The molecule has 0 radical (unpaired) electrons. The van der Waals surface area contributed by atoms with E-state index in [0.29, 0.717) is 6.42 Å². The van der Waals surface area contributed by atoms with Crippen LogP contribution < -0.4 is 5.32 Å². The van der Waals surface area contributed by atoms with Gasteiger partial charge in [-0.2, -0.15) is 0 Å². The monoisotopic (exact) mass is 229 g/mol. The molecular weight excluding hydrogens is 214 g/mol. The largest absolute Gasteiger partial charge is 0.516 e. The standard InChI is InChI=1S/C10H15NO5/c1-2-3-6-15-10(14)16-9(13)7-4-5-8(12)11-7/h7H,2-6H2,1H3,(H,11,12)/t7-/m0/s1. The van der Waals surface area contributed by atoms with Gasteiger partial charge in [0.15, 0.2) is 0 Å². The van der Waals surface area contributed by atoms with E-state index in [4.69, 9.17) is 0 Å². The number of carbonyl (C=O) groups is 3. The molecule has 0 spiro atoms. The van der Waals surface area contributed by atoms with Crippen molar-refractivity contribution in [1.82, 2.24) is 5.32 Å². The lowest BCUT2D eigenvalue weighted by Crippen LogP contribution is -2.35. The van der Waals surface area contributed by atoms with E-state index < -0.39 is 18.2 Å². The molecule has 1 atom stereocenters. The number of carbonyl (C=O) groups excluding carboxylic acids is 3. The van der Waals surface area contributed by atoms with Crippen LogP contribution in [0.15, 0.2) is 0 Å². The van der Waals surface area contributed by atoms with Gasteiger partial charge in [0.05, 0.1) is 6.61 Å². The van der Waals surface area contributed by atoms with Gasteiger partial charge in [-0.15, -0.1) is 0 Å². The first-order valence-corrected chi connectivity index (χ1v) is 5.31. The number of esters is 1. The molecule has 1 aliphatic rings. The van der Waals surface area contributed by atoms with E-state index >= 15 is 0 Å². The molecule has 0 aromatic rings. The zero-order valence-corrected chi connectivity index (χ0v) is 9.15. The van der Waals surface area contributed by atoms with Crippen LogP contribution in [-0.2, 0) is 19.1 Å². The molecule has 1 saturated heterocycles. The SMILES string of the molecule is CCCCOC(=O)OC(=O)[C@@H]1CCC(=O)N1. The highest BCUT2D eigenvalue weighted by Crippen LogP contribution is 2.08. The van der Waals surface area contributed by atoms with Gasteiger partial charge < -0.3 is 14.8 Å². The van der Waals surface area contributed by atoms with Gasteiger partial charge in [-0.3, -0.25) is 4.79 Å². The fourth-order valence-electron chi connectivity index (χ4n) is 1.27. The zero-order chi connectivity index (χ0) is 12.0. The average molecular weight is 229 g/mol. The second-order valence-corrected chi connectivity index (χ2v) is 3.53. The van der Waals surface area contributed by atoms with Crippen LogP contribution in [0.4, 0.5) is 4.79 Å².